The molecule has 0 aliphatic carbocycles. The van der Waals surface area contributed by atoms with Crippen molar-refractivity contribution in [3.05, 3.63) is 78.2 Å². The third kappa shape index (κ3) is 4.13. The average Bonchev–Trinajstić information content (AvgIpc) is 3.14. The highest BCUT2D eigenvalue weighted by Crippen LogP contribution is 2.32. The molecule has 0 radical (unpaired) electrons. The van der Waals surface area contributed by atoms with Gasteiger partial charge >= 0.3 is 0 Å². The summed E-state index contributed by atoms with van der Waals surface area (Å²) in [6.45, 7) is 0.414. The number of benzene rings is 2. The van der Waals surface area contributed by atoms with Gasteiger partial charge < -0.3 is 10.1 Å². The predicted molar refractivity (Wildman–Crippen MR) is 102 cm³/mol. The number of carbonyl (C=O) groups excluding carboxylic acids is 1. The number of nitrogens with zero attached hydrogens (tertiary/aromatic N) is 2. The van der Waals surface area contributed by atoms with Crippen LogP contribution in [0.4, 0.5) is 0 Å². The van der Waals surface area contributed by atoms with Crippen molar-refractivity contribution in [3.8, 4) is 28.8 Å². The second-order valence-electron chi connectivity index (χ2n) is 6.18. The van der Waals surface area contributed by atoms with Gasteiger partial charge in [-0.3, -0.25) is 14.8 Å². The van der Waals surface area contributed by atoms with Gasteiger partial charge in [0.25, 0.3) is 5.91 Å². The van der Waals surface area contributed by atoms with Crippen molar-refractivity contribution in [2.45, 2.75) is 12.5 Å². The van der Waals surface area contributed by atoms with Crippen molar-refractivity contribution in [2.24, 2.45) is 0 Å². The van der Waals surface area contributed by atoms with E-state index in [1.165, 1.54) is 0 Å². The molecule has 1 aromatic heterocycles. The summed E-state index contributed by atoms with van der Waals surface area (Å²) in [5, 5.41) is 2.82. The number of fused-ring (bicyclic) bond motifs is 1. The van der Waals surface area contributed by atoms with E-state index >= 15 is 0 Å². The zero-order chi connectivity index (χ0) is 18.5. The number of hydrogen-bond acceptors (Lipinski definition) is 4. The zero-order valence-electron chi connectivity index (χ0n) is 14.6. The summed E-state index contributed by atoms with van der Waals surface area (Å²) in [5.74, 6) is 5.99. The molecule has 1 N–H and O–H groups in total. The first-order valence-corrected chi connectivity index (χ1v) is 8.69. The van der Waals surface area contributed by atoms with Gasteiger partial charge in [0.05, 0.1) is 18.4 Å². The summed E-state index contributed by atoms with van der Waals surface area (Å²) in [7, 11) is 0. The van der Waals surface area contributed by atoms with E-state index in [2.05, 4.69) is 33.2 Å². The highest BCUT2D eigenvalue weighted by atomic mass is 16.5. The summed E-state index contributed by atoms with van der Waals surface area (Å²) in [6.07, 6.45) is 5.70. The molecule has 0 fully saturated rings. The van der Waals surface area contributed by atoms with E-state index in [-0.39, 0.29) is 12.0 Å². The zero-order valence-corrected chi connectivity index (χ0v) is 14.6. The van der Waals surface area contributed by atoms with E-state index in [0.29, 0.717) is 6.54 Å². The van der Waals surface area contributed by atoms with Crippen molar-refractivity contribution in [2.75, 3.05) is 6.54 Å². The van der Waals surface area contributed by atoms with Gasteiger partial charge in [-0.2, -0.15) is 0 Å². The first kappa shape index (κ1) is 16.8. The van der Waals surface area contributed by atoms with Crippen LogP contribution in [0.2, 0.25) is 0 Å². The van der Waals surface area contributed by atoms with Crippen LogP contribution < -0.4 is 10.1 Å². The van der Waals surface area contributed by atoms with E-state index in [1.54, 1.807) is 18.6 Å². The van der Waals surface area contributed by atoms with E-state index in [0.717, 1.165) is 34.6 Å². The Morgan fingerprint density at radius 1 is 1.19 bits per heavy atom. The second-order valence-corrected chi connectivity index (χ2v) is 6.18. The molecule has 1 amide bonds. The molecule has 4 rings (SSSR count). The summed E-state index contributed by atoms with van der Waals surface area (Å²) < 4.78 is 5.91. The minimum atomic E-state index is -0.307. The highest BCUT2D eigenvalue weighted by Gasteiger charge is 2.23. The number of aromatic nitrogens is 2. The Balaban J connectivity index is 1.35. The Hall–Kier alpha value is -3.65. The fraction of sp³-hybridized carbons (Fsp3) is 0.136. The minimum Gasteiger partial charge on any atom is -0.488 e. The molecular weight excluding hydrogens is 338 g/mol. The Bertz CT molecular complexity index is 1010. The van der Waals surface area contributed by atoms with E-state index < -0.39 is 0 Å². The maximum Gasteiger partial charge on any atom is 0.296 e. The van der Waals surface area contributed by atoms with Crippen molar-refractivity contribution in [1.82, 2.24) is 15.3 Å². The quantitative estimate of drug-likeness (QED) is 0.734. The normalized spacial score (nSPS) is 14.4. The number of carbonyl (C=O) groups is 1. The number of amides is 1. The third-order valence-electron chi connectivity index (χ3n) is 4.25. The van der Waals surface area contributed by atoms with E-state index in [9.17, 15) is 4.79 Å². The number of nitrogens with one attached hydrogen (secondary N) is 1. The van der Waals surface area contributed by atoms with Crippen LogP contribution in [0.1, 0.15) is 11.1 Å². The fourth-order valence-electron chi connectivity index (χ4n) is 2.94. The first-order valence-electron chi connectivity index (χ1n) is 8.69. The van der Waals surface area contributed by atoms with Gasteiger partial charge in [-0.15, -0.1) is 0 Å². The van der Waals surface area contributed by atoms with Gasteiger partial charge in [0, 0.05) is 35.9 Å². The van der Waals surface area contributed by atoms with E-state index in [4.69, 9.17) is 4.74 Å². The molecule has 132 valence electrons. The van der Waals surface area contributed by atoms with E-state index in [1.807, 2.05) is 42.5 Å². The second kappa shape index (κ2) is 7.71. The number of hydrogen-bond donors (Lipinski definition) is 1. The molecular formula is C22H17N3O2. The summed E-state index contributed by atoms with van der Waals surface area (Å²) in [6, 6.07) is 15.4. The van der Waals surface area contributed by atoms with Crippen LogP contribution in [0.15, 0.2) is 67.1 Å². The summed E-state index contributed by atoms with van der Waals surface area (Å²) in [5.41, 5.74) is 3.75. The van der Waals surface area contributed by atoms with Crippen molar-refractivity contribution in [1.29, 1.82) is 0 Å². The first-order chi connectivity index (χ1) is 13.3. The minimum absolute atomic E-state index is 0.0976. The highest BCUT2D eigenvalue weighted by molar-refractivity contribution is 5.94. The number of rotatable bonds is 3. The van der Waals surface area contributed by atoms with Gasteiger partial charge in [0.2, 0.25) is 0 Å². The molecule has 5 nitrogen and oxygen atoms in total. The van der Waals surface area contributed by atoms with Crippen LogP contribution in [0.25, 0.3) is 11.3 Å². The lowest BCUT2D eigenvalue weighted by atomic mass is 10.0. The lowest BCUT2D eigenvalue weighted by Gasteiger charge is -2.10. The van der Waals surface area contributed by atoms with Crippen LogP contribution in [-0.4, -0.2) is 28.5 Å². The largest absolute Gasteiger partial charge is 0.488 e. The van der Waals surface area contributed by atoms with Crippen molar-refractivity contribution in [3.63, 3.8) is 0 Å². The van der Waals surface area contributed by atoms with Gasteiger partial charge in [-0.25, -0.2) is 0 Å². The molecule has 0 saturated heterocycles. The molecule has 1 aliphatic heterocycles. The third-order valence-corrected chi connectivity index (χ3v) is 4.25. The van der Waals surface area contributed by atoms with Gasteiger partial charge in [-0.1, -0.05) is 24.1 Å². The van der Waals surface area contributed by atoms with Gasteiger partial charge in [0.1, 0.15) is 11.9 Å². The van der Waals surface area contributed by atoms with Crippen LogP contribution >= 0.6 is 0 Å². The van der Waals surface area contributed by atoms with Crippen molar-refractivity contribution >= 4 is 5.91 Å². The molecule has 0 spiro atoms. The van der Waals surface area contributed by atoms with Gasteiger partial charge in [-0.05, 0) is 35.9 Å². The van der Waals surface area contributed by atoms with Crippen LogP contribution in [-0.2, 0) is 11.2 Å². The van der Waals surface area contributed by atoms with Crippen LogP contribution in [0, 0.1) is 11.8 Å². The molecule has 0 bridgehead atoms. The average molecular weight is 355 g/mol. The maximum absolute atomic E-state index is 11.9. The smallest absolute Gasteiger partial charge is 0.296 e. The molecule has 0 saturated carbocycles. The molecule has 2 aromatic carbocycles. The monoisotopic (exact) mass is 355 g/mol. The predicted octanol–water partition coefficient (Wildman–Crippen LogP) is 2.62. The lowest BCUT2D eigenvalue weighted by molar-refractivity contribution is -0.116. The van der Waals surface area contributed by atoms with Crippen molar-refractivity contribution < 1.29 is 9.53 Å². The SMILES string of the molecule is O=C(C#Cc1ccccc1)NC[C@@H]1Cc2cc(-c3cnccn3)ccc2O1. The molecule has 3 aromatic rings. The standard InChI is InChI=1S/C22H17N3O2/c26-22(9-6-16-4-2-1-3-5-16)25-14-19-13-18-12-17(7-8-21(18)27-19)20-15-23-10-11-24-20/h1-5,7-8,10-12,15,19H,13-14H2,(H,25,26)/t19-/m0/s1. The molecule has 2 heterocycles. The number of ether oxygens (including phenoxy) is 1. The van der Waals surface area contributed by atoms with Crippen LogP contribution in [0.5, 0.6) is 5.75 Å². The fourth-order valence-corrected chi connectivity index (χ4v) is 2.94. The molecule has 27 heavy (non-hydrogen) atoms. The van der Waals surface area contributed by atoms with Crippen LogP contribution in [0.3, 0.4) is 0 Å². The Morgan fingerprint density at radius 3 is 2.89 bits per heavy atom. The lowest BCUT2D eigenvalue weighted by Crippen LogP contribution is -2.33. The molecule has 1 atom stereocenters. The maximum atomic E-state index is 11.9. The Kier molecular flexibility index (Phi) is 4.80. The topological polar surface area (TPSA) is 64.1 Å². The molecule has 0 unspecified atom stereocenters. The summed E-state index contributed by atoms with van der Waals surface area (Å²) >= 11 is 0. The van der Waals surface area contributed by atoms with Gasteiger partial charge in [0.15, 0.2) is 0 Å². The molecule has 5 heteroatoms. The molecule has 1 aliphatic rings. The Morgan fingerprint density at radius 2 is 2.07 bits per heavy atom. The Labute approximate surface area is 157 Å². The summed E-state index contributed by atoms with van der Waals surface area (Å²) in [4.78, 5) is 20.4.